The number of ether oxygens (including phenoxy) is 2. The minimum Gasteiger partial charge on any atom is -0.457 e. The highest BCUT2D eigenvalue weighted by atomic mass is 16.5. The lowest BCUT2D eigenvalue weighted by molar-refractivity contribution is -0.179. The molecule has 23 heavy (non-hydrogen) atoms. The molecule has 0 radical (unpaired) electrons. The van der Waals surface area contributed by atoms with Gasteiger partial charge in [-0.15, -0.1) is 0 Å². The monoisotopic (exact) mass is 316 g/mol. The molecule has 1 fully saturated rings. The average molecular weight is 316 g/mol. The largest absolute Gasteiger partial charge is 0.457 e. The van der Waals surface area contributed by atoms with Gasteiger partial charge in [0.2, 0.25) is 0 Å². The van der Waals surface area contributed by atoms with Gasteiger partial charge in [0, 0.05) is 6.42 Å². The molecule has 1 heterocycles. The highest BCUT2D eigenvalue weighted by Gasteiger charge is 2.37. The minimum absolute atomic E-state index is 0.185. The Morgan fingerprint density at radius 3 is 2.26 bits per heavy atom. The Bertz CT molecular complexity index is 613. The third-order valence-electron chi connectivity index (χ3n) is 3.94. The van der Waals surface area contributed by atoms with Crippen LogP contribution in [0.1, 0.15) is 18.1 Å². The van der Waals surface area contributed by atoms with Crippen LogP contribution in [-0.4, -0.2) is 40.2 Å². The van der Waals surface area contributed by atoms with Gasteiger partial charge in [-0.25, -0.2) is 0 Å². The second-order valence-corrected chi connectivity index (χ2v) is 5.64. The Morgan fingerprint density at radius 2 is 1.61 bits per heavy atom. The van der Waals surface area contributed by atoms with Crippen molar-refractivity contribution >= 4 is 0 Å². The van der Waals surface area contributed by atoms with Crippen LogP contribution in [0.4, 0.5) is 0 Å². The van der Waals surface area contributed by atoms with E-state index in [-0.39, 0.29) is 13.0 Å². The molecule has 2 aromatic rings. The Labute approximate surface area is 134 Å². The number of rotatable bonds is 4. The Kier molecular flexibility index (Phi) is 4.93. The van der Waals surface area contributed by atoms with Crippen molar-refractivity contribution in [2.45, 2.75) is 30.8 Å². The number of para-hydroxylation sites is 1. The molecule has 0 unspecified atom stereocenters. The molecule has 2 aromatic carbocycles. The van der Waals surface area contributed by atoms with Crippen molar-refractivity contribution < 1.29 is 24.8 Å². The Morgan fingerprint density at radius 1 is 0.957 bits per heavy atom. The van der Waals surface area contributed by atoms with Crippen LogP contribution in [0.2, 0.25) is 0 Å². The first-order valence-electron chi connectivity index (χ1n) is 7.62. The first kappa shape index (κ1) is 16.0. The van der Waals surface area contributed by atoms with Crippen molar-refractivity contribution in [1.82, 2.24) is 0 Å². The smallest absolute Gasteiger partial charge is 0.127 e. The molecule has 0 amide bonds. The molecular formula is C18H20O5. The van der Waals surface area contributed by atoms with Crippen LogP contribution < -0.4 is 4.74 Å². The van der Waals surface area contributed by atoms with E-state index in [4.69, 9.17) is 9.47 Å². The molecule has 5 heteroatoms. The van der Waals surface area contributed by atoms with Gasteiger partial charge in [-0.2, -0.15) is 0 Å². The molecule has 1 saturated heterocycles. The lowest BCUT2D eigenvalue weighted by Gasteiger charge is -2.36. The van der Waals surface area contributed by atoms with E-state index in [1.807, 2.05) is 30.3 Å². The van der Waals surface area contributed by atoms with Crippen LogP contribution in [-0.2, 0) is 4.74 Å². The summed E-state index contributed by atoms with van der Waals surface area (Å²) in [5.74, 6) is 1.41. The summed E-state index contributed by atoms with van der Waals surface area (Å²) in [6, 6.07) is 16.6. The third-order valence-corrected chi connectivity index (χ3v) is 3.94. The van der Waals surface area contributed by atoms with Gasteiger partial charge in [0.15, 0.2) is 0 Å². The quantitative estimate of drug-likeness (QED) is 0.804. The number of hydrogen-bond donors (Lipinski definition) is 3. The molecule has 1 aliphatic rings. The summed E-state index contributed by atoms with van der Waals surface area (Å²) < 4.78 is 11.4. The van der Waals surface area contributed by atoms with Gasteiger partial charge in [0.25, 0.3) is 0 Å². The van der Waals surface area contributed by atoms with Crippen LogP contribution in [0.3, 0.4) is 0 Å². The molecule has 0 aromatic heterocycles. The molecule has 0 spiro atoms. The fourth-order valence-electron chi connectivity index (χ4n) is 2.70. The van der Waals surface area contributed by atoms with Gasteiger partial charge in [-0.3, -0.25) is 0 Å². The van der Waals surface area contributed by atoms with E-state index < -0.39 is 24.4 Å². The summed E-state index contributed by atoms with van der Waals surface area (Å²) in [6.07, 6.45) is -2.84. The van der Waals surface area contributed by atoms with Crippen LogP contribution in [0.15, 0.2) is 54.6 Å². The molecule has 122 valence electrons. The van der Waals surface area contributed by atoms with E-state index >= 15 is 0 Å². The van der Waals surface area contributed by atoms with E-state index in [1.54, 1.807) is 24.3 Å². The molecule has 1 aliphatic heterocycles. The van der Waals surface area contributed by atoms with Crippen LogP contribution in [0.25, 0.3) is 0 Å². The Balaban J connectivity index is 1.73. The van der Waals surface area contributed by atoms with Crippen LogP contribution in [0, 0.1) is 0 Å². The van der Waals surface area contributed by atoms with Crippen molar-refractivity contribution in [2.24, 2.45) is 0 Å². The van der Waals surface area contributed by atoms with Crippen molar-refractivity contribution in [3.05, 3.63) is 60.2 Å². The normalized spacial score (nSPS) is 27.6. The fourth-order valence-corrected chi connectivity index (χ4v) is 2.70. The van der Waals surface area contributed by atoms with Gasteiger partial charge in [0.05, 0.1) is 18.8 Å². The molecule has 4 atom stereocenters. The number of benzene rings is 2. The summed E-state index contributed by atoms with van der Waals surface area (Å²) in [6.45, 7) is -0.185. The fraction of sp³-hybridized carbons (Fsp3) is 0.333. The lowest BCUT2D eigenvalue weighted by Crippen LogP contribution is -2.44. The predicted molar refractivity (Wildman–Crippen MR) is 84.3 cm³/mol. The highest BCUT2D eigenvalue weighted by Crippen LogP contribution is 2.33. The molecule has 3 N–H and O–H groups in total. The van der Waals surface area contributed by atoms with E-state index in [0.29, 0.717) is 5.75 Å². The van der Waals surface area contributed by atoms with E-state index in [0.717, 1.165) is 11.3 Å². The summed E-state index contributed by atoms with van der Waals surface area (Å²) in [5.41, 5.74) is 0.732. The molecule has 3 rings (SSSR count). The zero-order valence-electron chi connectivity index (χ0n) is 12.6. The zero-order valence-corrected chi connectivity index (χ0v) is 12.6. The average Bonchev–Trinajstić information content (AvgIpc) is 2.59. The van der Waals surface area contributed by atoms with E-state index in [9.17, 15) is 15.3 Å². The number of hydrogen-bond acceptors (Lipinski definition) is 5. The van der Waals surface area contributed by atoms with E-state index in [2.05, 4.69) is 0 Å². The summed E-state index contributed by atoms with van der Waals surface area (Å²) in [4.78, 5) is 0. The topological polar surface area (TPSA) is 79.2 Å². The predicted octanol–water partition coefficient (Wildman–Crippen LogP) is 2.02. The van der Waals surface area contributed by atoms with Gasteiger partial charge >= 0.3 is 0 Å². The molecule has 0 bridgehead atoms. The van der Waals surface area contributed by atoms with Crippen molar-refractivity contribution in [1.29, 1.82) is 0 Å². The maximum absolute atomic E-state index is 10.1. The molecule has 0 aliphatic carbocycles. The summed E-state index contributed by atoms with van der Waals surface area (Å²) in [5, 5.41) is 29.2. The van der Waals surface area contributed by atoms with Gasteiger partial charge < -0.3 is 24.8 Å². The third kappa shape index (κ3) is 3.71. The van der Waals surface area contributed by atoms with Crippen molar-refractivity contribution in [2.75, 3.05) is 6.61 Å². The second-order valence-electron chi connectivity index (χ2n) is 5.64. The number of aliphatic hydroxyl groups excluding tert-OH is 3. The van der Waals surface area contributed by atoms with Crippen molar-refractivity contribution in [3.63, 3.8) is 0 Å². The lowest BCUT2D eigenvalue weighted by atomic mass is 9.93. The maximum atomic E-state index is 10.1. The standard InChI is InChI=1S/C18H20O5/c19-11-15-10-16(20)17(21)18(23-15)12-6-8-14(9-7-12)22-13-4-2-1-3-5-13/h1-9,15-21H,10-11H2/t15-,16-,17-,18+/m0/s1. The molecule has 0 saturated carbocycles. The van der Waals surface area contributed by atoms with Crippen LogP contribution in [0.5, 0.6) is 11.5 Å². The molecule has 5 nitrogen and oxygen atoms in total. The summed E-state index contributed by atoms with van der Waals surface area (Å²) in [7, 11) is 0. The van der Waals surface area contributed by atoms with Gasteiger partial charge in [-0.05, 0) is 29.8 Å². The number of aliphatic hydroxyl groups is 3. The SMILES string of the molecule is OC[C@@H]1C[C@H](O)[C@H](O)[C@@H](c2ccc(Oc3ccccc3)cc2)O1. The van der Waals surface area contributed by atoms with Crippen LogP contribution >= 0.6 is 0 Å². The van der Waals surface area contributed by atoms with Gasteiger partial charge in [-0.1, -0.05) is 30.3 Å². The van der Waals surface area contributed by atoms with Crippen molar-refractivity contribution in [3.8, 4) is 11.5 Å². The van der Waals surface area contributed by atoms with E-state index in [1.165, 1.54) is 0 Å². The summed E-state index contributed by atoms with van der Waals surface area (Å²) >= 11 is 0. The first-order chi connectivity index (χ1) is 11.2. The van der Waals surface area contributed by atoms with Gasteiger partial charge in [0.1, 0.15) is 23.7 Å². The molecular weight excluding hydrogens is 296 g/mol. The second kappa shape index (κ2) is 7.10. The Hall–Kier alpha value is -1.92. The first-order valence-corrected chi connectivity index (χ1v) is 7.62. The highest BCUT2D eigenvalue weighted by molar-refractivity contribution is 5.34. The minimum atomic E-state index is -1.02. The zero-order chi connectivity index (χ0) is 16.2. The maximum Gasteiger partial charge on any atom is 0.127 e.